The Bertz CT molecular complexity index is 463. The zero-order valence-corrected chi connectivity index (χ0v) is 9.35. The van der Waals surface area contributed by atoms with E-state index in [0.717, 1.165) is 23.4 Å². The van der Waals surface area contributed by atoms with Gasteiger partial charge in [-0.3, -0.25) is 4.98 Å². The molecule has 0 spiro atoms. The molecule has 0 amide bonds. The van der Waals surface area contributed by atoms with Gasteiger partial charge in [0.2, 0.25) is 0 Å². The highest BCUT2D eigenvalue weighted by Crippen LogP contribution is 2.16. The quantitative estimate of drug-likeness (QED) is 0.847. The minimum atomic E-state index is 0.603. The van der Waals surface area contributed by atoms with Gasteiger partial charge in [0.25, 0.3) is 0 Å². The van der Waals surface area contributed by atoms with Crippen LogP contribution in [0.3, 0.4) is 0 Å². The lowest BCUT2D eigenvalue weighted by atomic mass is 10.1. The smallest absolute Gasteiger partial charge is 0.0888 e. The van der Waals surface area contributed by atoms with Crippen LogP contribution in [0.2, 0.25) is 0 Å². The van der Waals surface area contributed by atoms with Crippen molar-refractivity contribution in [2.75, 3.05) is 6.54 Å². The number of aromatic nitrogens is 2. The van der Waals surface area contributed by atoms with Gasteiger partial charge in [-0.25, -0.2) is 4.98 Å². The van der Waals surface area contributed by atoms with Gasteiger partial charge in [0.15, 0.2) is 0 Å². The first kappa shape index (κ1) is 10.8. The summed E-state index contributed by atoms with van der Waals surface area (Å²) >= 11 is 0. The number of benzene rings is 1. The molecule has 0 bridgehead atoms. The molecule has 2 aromatic rings. The lowest BCUT2D eigenvalue weighted by molar-refractivity contribution is 0.910. The van der Waals surface area contributed by atoms with Crippen LogP contribution in [0, 0.1) is 6.92 Å². The van der Waals surface area contributed by atoms with Crippen molar-refractivity contribution in [2.45, 2.75) is 13.3 Å². The lowest BCUT2D eigenvalue weighted by Crippen LogP contribution is -2.05. The van der Waals surface area contributed by atoms with Crippen molar-refractivity contribution in [2.24, 2.45) is 5.73 Å². The Labute approximate surface area is 95.4 Å². The summed E-state index contributed by atoms with van der Waals surface area (Å²) in [5.74, 6) is 0. The van der Waals surface area contributed by atoms with E-state index in [0.29, 0.717) is 6.54 Å². The van der Waals surface area contributed by atoms with E-state index < -0.39 is 0 Å². The number of aryl methyl sites for hydroxylation is 1. The summed E-state index contributed by atoms with van der Waals surface area (Å²) in [6, 6.07) is 8.27. The number of nitrogens with zero attached hydrogens (tertiary/aromatic N) is 2. The third-order valence-electron chi connectivity index (χ3n) is 2.43. The molecular weight excluding hydrogens is 198 g/mol. The Morgan fingerprint density at radius 2 is 1.88 bits per heavy atom. The van der Waals surface area contributed by atoms with Crippen LogP contribution < -0.4 is 5.73 Å². The van der Waals surface area contributed by atoms with E-state index in [1.54, 1.807) is 12.4 Å². The van der Waals surface area contributed by atoms with Gasteiger partial charge in [-0.05, 0) is 13.5 Å². The van der Waals surface area contributed by atoms with E-state index >= 15 is 0 Å². The third kappa shape index (κ3) is 2.44. The summed E-state index contributed by atoms with van der Waals surface area (Å²) in [5, 5.41) is 0. The molecule has 0 aliphatic heterocycles. The van der Waals surface area contributed by atoms with Crippen LogP contribution in [0.5, 0.6) is 0 Å². The second kappa shape index (κ2) is 4.86. The fourth-order valence-electron chi connectivity index (χ4n) is 1.54. The molecule has 2 N–H and O–H groups in total. The molecule has 0 saturated carbocycles. The van der Waals surface area contributed by atoms with E-state index in [9.17, 15) is 0 Å². The maximum absolute atomic E-state index is 5.50. The summed E-state index contributed by atoms with van der Waals surface area (Å²) in [4.78, 5) is 8.70. The molecule has 3 nitrogen and oxygen atoms in total. The minimum Gasteiger partial charge on any atom is -0.330 e. The molecule has 0 unspecified atom stereocenters. The summed E-state index contributed by atoms with van der Waals surface area (Å²) in [6.07, 6.45) is 4.32. The van der Waals surface area contributed by atoms with Crippen LogP contribution in [0.15, 0.2) is 36.7 Å². The van der Waals surface area contributed by atoms with Gasteiger partial charge in [-0.2, -0.15) is 0 Å². The molecule has 82 valence electrons. The lowest BCUT2D eigenvalue weighted by Gasteiger charge is -2.03. The third-order valence-corrected chi connectivity index (χ3v) is 2.43. The molecular formula is C13H15N3. The Morgan fingerprint density at radius 1 is 1.12 bits per heavy atom. The molecule has 0 aliphatic carbocycles. The van der Waals surface area contributed by atoms with Crippen molar-refractivity contribution in [1.82, 2.24) is 9.97 Å². The van der Waals surface area contributed by atoms with E-state index in [1.807, 2.05) is 0 Å². The average molecular weight is 213 g/mol. The monoisotopic (exact) mass is 213 g/mol. The van der Waals surface area contributed by atoms with Crippen molar-refractivity contribution in [3.63, 3.8) is 0 Å². The molecule has 3 heteroatoms. The molecule has 1 aromatic carbocycles. The van der Waals surface area contributed by atoms with Gasteiger partial charge < -0.3 is 5.73 Å². The molecule has 16 heavy (non-hydrogen) atoms. The maximum atomic E-state index is 5.50. The van der Waals surface area contributed by atoms with E-state index in [4.69, 9.17) is 5.73 Å². The molecule has 0 atom stereocenters. The van der Waals surface area contributed by atoms with Crippen molar-refractivity contribution in [3.05, 3.63) is 47.9 Å². The van der Waals surface area contributed by atoms with Crippen LogP contribution >= 0.6 is 0 Å². The number of nitrogens with two attached hydrogens (primary N) is 1. The molecule has 1 heterocycles. The summed E-state index contributed by atoms with van der Waals surface area (Å²) in [5.41, 5.74) is 9.69. The largest absolute Gasteiger partial charge is 0.330 e. The predicted molar refractivity (Wildman–Crippen MR) is 65.0 cm³/mol. The first-order valence-electron chi connectivity index (χ1n) is 5.37. The highest BCUT2D eigenvalue weighted by Gasteiger charge is 2.01. The second-order valence-corrected chi connectivity index (χ2v) is 3.80. The fraction of sp³-hybridized carbons (Fsp3) is 0.231. The first-order chi connectivity index (χ1) is 7.79. The zero-order chi connectivity index (χ0) is 11.4. The molecule has 0 radical (unpaired) electrons. The van der Waals surface area contributed by atoms with Gasteiger partial charge in [0, 0.05) is 18.2 Å². The van der Waals surface area contributed by atoms with Gasteiger partial charge in [-0.15, -0.1) is 0 Å². The average Bonchev–Trinajstić information content (AvgIpc) is 2.31. The Hall–Kier alpha value is -1.74. The number of rotatable bonds is 3. The van der Waals surface area contributed by atoms with Crippen molar-refractivity contribution < 1.29 is 0 Å². The number of hydrogen-bond acceptors (Lipinski definition) is 3. The van der Waals surface area contributed by atoms with Gasteiger partial charge in [0.1, 0.15) is 0 Å². The van der Waals surface area contributed by atoms with Crippen LogP contribution in [0.25, 0.3) is 11.3 Å². The SMILES string of the molecule is Cc1ccc(-c2cncc(CCN)n2)cc1. The van der Waals surface area contributed by atoms with Crippen molar-refractivity contribution in [3.8, 4) is 11.3 Å². The van der Waals surface area contributed by atoms with Crippen LogP contribution in [-0.2, 0) is 6.42 Å². The topological polar surface area (TPSA) is 51.8 Å². The maximum Gasteiger partial charge on any atom is 0.0888 e. The van der Waals surface area contributed by atoms with Crippen molar-refractivity contribution >= 4 is 0 Å². The Kier molecular flexibility index (Phi) is 3.27. The molecule has 1 aromatic heterocycles. The standard InChI is InChI=1S/C13H15N3/c1-10-2-4-11(5-3-10)13-9-15-8-12(16-13)6-7-14/h2-5,8-9H,6-7,14H2,1H3. The first-order valence-corrected chi connectivity index (χ1v) is 5.37. The van der Waals surface area contributed by atoms with E-state index in [2.05, 4.69) is 41.2 Å². The van der Waals surface area contributed by atoms with Crippen LogP contribution in [0.4, 0.5) is 0 Å². The highest BCUT2D eigenvalue weighted by molar-refractivity contribution is 5.58. The van der Waals surface area contributed by atoms with Gasteiger partial charge in [-0.1, -0.05) is 29.8 Å². The molecule has 2 rings (SSSR count). The van der Waals surface area contributed by atoms with Crippen LogP contribution in [0.1, 0.15) is 11.3 Å². The van der Waals surface area contributed by atoms with Crippen molar-refractivity contribution in [1.29, 1.82) is 0 Å². The fourth-order valence-corrected chi connectivity index (χ4v) is 1.54. The Morgan fingerprint density at radius 3 is 2.56 bits per heavy atom. The van der Waals surface area contributed by atoms with Gasteiger partial charge in [0.05, 0.1) is 17.6 Å². The van der Waals surface area contributed by atoms with E-state index in [-0.39, 0.29) is 0 Å². The normalized spacial score (nSPS) is 10.4. The molecule has 0 aliphatic rings. The summed E-state index contributed by atoms with van der Waals surface area (Å²) < 4.78 is 0. The number of hydrogen-bond donors (Lipinski definition) is 1. The molecule has 0 fully saturated rings. The highest BCUT2D eigenvalue weighted by atomic mass is 14.8. The molecule has 0 saturated heterocycles. The summed E-state index contributed by atoms with van der Waals surface area (Å²) in [7, 11) is 0. The Balaban J connectivity index is 2.32. The second-order valence-electron chi connectivity index (χ2n) is 3.80. The predicted octanol–water partition coefficient (Wildman–Crippen LogP) is 1.95. The minimum absolute atomic E-state index is 0.603. The van der Waals surface area contributed by atoms with Gasteiger partial charge >= 0.3 is 0 Å². The van der Waals surface area contributed by atoms with E-state index in [1.165, 1.54) is 5.56 Å². The summed E-state index contributed by atoms with van der Waals surface area (Å²) in [6.45, 7) is 2.67. The van der Waals surface area contributed by atoms with Crippen LogP contribution in [-0.4, -0.2) is 16.5 Å². The zero-order valence-electron chi connectivity index (χ0n) is 9.35.